The molecule has 2 unspecified atom stereocenters. The van der Waals surface area contributed by atoms with Crippen molar-refractivity contribution in [2.45, 2.75) is 104 Å². The van der Waals surface area contributed by atoms with Crippen molar-refractivity contribution in [2.75, 3.05) is 14.1 Å². The minimum atomic E-state index is -0.147. The van der Waals surface area contributed by atoms with Gasteiger partial charge < -0.3 is 15.7 Å². The van der Waals surface area contributed by atoms with Crippen molar-refractivity contribution < 1.29 is 5.11 Å². The van der Waals surface area contributed by atoms with E-state index in [2.05, 4.69) is 59.3 Å². The summed E-state index contributed by atoms with van der Waals surface area (Å²) in [5.74, 6) is 2.08. The van der Waals surface area contributed by atoms with E-state index in [-0.39, 0.29) is 11.5 Å². The van der Waals surface area contributed by atoms with Crippen LogP contribution in [0.3, 0.4) is 0 Å². The van der Waals surface area contributed by atoms with Crippen LogP contribution < -0.4 is 10.6 Å². The first-order chi connectivity index (χ1) is 13.5. The molecule has 5 saturated carbocycles. The molecule has 5 aliphatic carbocycles. The molecule has 10 atom stereocenters. The maximum Gasteiger partial charge on any atom is 0.0594 e. The van der Waals surface area contributed by atoms with Gasteiger partial charge in [-0.15, -0.1) is 0 Å². The molecule has 0 aromatic heterocycles. The summed E-state index contributed by atoms with van der Waals surface area (Å²) in [4.78, 5) is 0. The topological polar surface area (TPSA) is 44.3 Å². The highest BCUT2D eigenvalue weighted by molar-refractivity contribution is 5.31. The molecular formula is C26H46N2O. The summed E-state index contributed by atoms with van der Waals surface area (Å²) in [7, 11) is 4.25. The first-order valence-electron chi connectivity index (χ1n) is 12.6. The molecule has 2 spiro atoms. The molecule has 5 rings (SSSR count). The predicted molar refractivity (Wildman–Crippen MR) is 120 cm³/mol. The van der Waals surface area contributed by atoms with Crippen molar-refractivity contribution >= 4 is 0 Å². The smallest absolute Gasteiger partial charge is 0.0594 e. The van der Waals surface area contributed by atoms with Crippen LogP contribution in [0, 0.1) is 44.8 Å². The Labute approximate surface area is 179 Å². The van der Waals surface area contributed by atoms with E-state index in [4.69, 9.17) is 0 Å². The van der Waals surface area contributed by atoms with Gasteiger partial charge in [0.25, 0.3) is 0 Å². The van der Waals surface area contributed by atoms with Crippen molar-refractivity contribution in [3.05, 3.63) is 0 Å². The number of fused-ring (bicyclic) bond motifs is 2. The quantitative estimate of drug-likeness (QED) is 0.647. The highest BCUT2D eigenvalue weighted by atomic mass is 16.3. The Hall–Kier alpha value is -0.120. The van der Waals surface area contributed by atoms with Crippen LogP contribution in [0.2, 0.25) is 0 Å². The summed E-state index contributed by atoms with van der Waals surface area (Å²) >= 11 is 0. The fourth-order valence-corrected chi connectivity index (χ4v) is 11.1. The highest BCUT2D eigenvalue weighted by Gasteiger charge is 2.82. The lowest BCUT2D eigenvalue weighted by molar-refractivity contribution is -0.144. The number of aliphatic hydroxyl groups is 1. The number of rotatable bonds is 3. The van der Waals surface area contributed by atoms with Crippen LogP contribution in [0.5, 0.6) is 0 Å². The Balaban J connectivity index is 1.52. The fraction of sp³-hybridized carbons (Fsp3) is 1.00. The van der Waals surface area contributed by atoms with Gasteiger partial charge >= 0.3 is 0 Å². The third-order valence-electron chi connectivity index (χ3n) is 12.5. The highest BCUT2D eigenvalue weighted by Crippen LogP contribution is 2.88. The molecule has 0 amide bonds. The maximum absolute atomic E-state index is 11.3. The first kappa shape index (κ1) is 20.8. The van der Waals surface area contributed by atoms with Crippen LogP contribution in [-0.2, 0) is 0 Å². The fourth-order valence-electron chi connectivity index (χ4n) is 11.1. The van der Waals surface area contributed by atoms with Gasteiger partial charge in [0.1, 0.15) is 0 Å². The van der Waals surface area contributed by atoms with E-state index in [0.29, 0.717) is 39.7 Å². The Kier molecular flexibility index (Phi) is 4.31. The lowest BCUT2D eigenvalue weighted by Crippen LogP contribution is -2.59. The molecule has 0 heterocycles. The predicted octanol–water partition coefficient (Wildman–Crippen LogP) is 4.59. The molecular weight excluding hydrogens is 356 g/mol. The zero-order valence-electron chi connectivity index (χ0n) is 20.1. The summed E-state index contributed by atoms with van der Waals surface area (Å²) < 4.78 is 0. The number of aliphatic hydroxyl groups excluding tert-OH is 1. The molecule has 0 aromatic carbocycles. The second-order valence-corrected chi connectivity index (χ2v) is 13.1. The number of hydrogen-bond acceptors (Lipinski definition) is 3. The average Bonchev–Trinajstić information content (AvgIpc) is 3.26. The molecule has 3 nitrogen and oxygen atoms in total. The molecule has 0 aromatic rings. The SMILES string of the molecule is CN[C@@H](C)[C@H]1[C@H](O)C[C@@]2(C)[C@@H]3CC[C@H]4C(C)(C)[C@@H](NC)CCC45CC35CC[C@]12C. The van der Waals surface area contributed by atoms with Gasteiger partial charge in [0, 0.05) is 18.0 Å². The lowest BCUT2D eigenvalue weighted by Gasteiger charge is -2.63. The zero-order valence-corrected chi connectivity index (χ0v) is 20.1. The van der Waals surface area contributed by atoms with Crippen molar-refractivity contribution in [1.82, 2.24) is 10.6 Å². The molecule has 0 saturated heterocycles. The second-order valence-electron chi connectivity index (χ2n) is 13.1. The van der Waals surface area contributed by atoms with Crippen molar-refractivity contribution in [3.63, 3.8) is 0 Å². The van der Waals surface area contributed by atoms with E-state index in [1.165, 1.54) is 44.9 Å². The van der Waals surface area contributed by atoms with Crippen LogP contribution in [0.1, 0.15) is 86.0 Å². The van der Waals surface area contributed by atoms with Crippen molar-refractivity contribution in [1.29, 1.82) is 0 Å². The Morgan fingerprint density at radius 1 is 0.862 bits per heavy atom. The van der Waals surface area contributed by atoms with Gasteiger partial charge in [-0.3, -0.25) is 0 Å². The van der Waals surface area contributed by atoms with Crippen LogP contribution >= 0.6 is 0 Å². The van der Waals surface area contributed by atoms with Crippen LogP contribution in [-0.4, -0.2) is 37.4 Å². The average molecular weight is 403 g/mol. The zero-order chi connectivity index (χ0) is 21.0. The molecule has 3 heteroatoms. The van der Waals surface area contributed by atoms with Crippen LogP contribution in [0.15, 0.2) is 0 Å². The normalized spacial score (nSPS) is 58.6. The molecule has 166 valence electrons. The molecule has 0 bridgehead atoms. The van der Waals surface area contributed by atoms with E-state index in [1.807, 2.05) is 0 Å². The standard InChI is InChI=1S/C26H46N2O/c1-16(27-6)21-17(29)14-24(5)19-9-8-18-22(2,3)20(28-7)10-11-25(18)15-26(19,25)13-12-23(21,24)4/h16-21,27-29H,8-15H2,1-7H3/t16-,17+,18-,19-,20-,21-,23+,24-,25?,26?/m0/s1. The minimum Gasteiger partial charge on any atom is -0.393 e. The molecule has 29 heavy (non-hydrogen) atoms. The molecule has 0 radical (unpaired) electrons. The maximum atomic E-state index is 11.3. The van der Waals surface area contributed by atoms with E-state index in [0.717, 1.165) is 18.3 Å². The Bertz CT molecular complexity index is 692. The van der Waals surface area contributed by atoms with Gasteiger partial charge in [-0.1, -0.05) is 27.7 Å². The Morgan fingerprint density at radius 3 is 2.17 bits per heavy atom. The summed E-state index contributed by atoms with van der Waals surface area (Å²) in [6, 6.07) is 1.06. The van der Waals surface area contributed by atoms with Crippen molar-refractivity contribution in [2.24, 2.45) is 44.8 Å². The molecule has 3 N–H and O–H groups in total. The number of nitrogens with one attached hydrogen (secondary N) is 2. The van der Waals surface area contributed by atoms with Crippen LogP contribution in [0.25, 0.3) is 0 Å². The lowest BCUT2D eigenvalue weighted by atomic mass is 9.42. The van der Waals surface area contributed by atoms with Gasteiger partial charge in [0.15, 0.2) is 0 Å². The van der Waals surface area contributed by atoms with Gasteiger partial charge in [-0.05, 0) is 111 Å². The third-order valence-corrected chi connectivity index (χ3v) is 12.5. The summed E-state index contributed by atoms with van der Waals surface area (Å²) in [5.41, 5.74) is 2.14. The van der Waals surface area contributed by atoms with E-state index < -0.39 is 0 Å². The molecule has 0 aliphatic heterocycles. The molecule has 5 fully saturated rings. The summed E-state index contributed by atoms with van der Waals surface area (Å²) in [5, 5.41) is 18.4. The third kappa shape index (κ3) is 2.16. The monoisotopic (exact) mass is 402 g/mol. The summed E-state index contributed by atoms with van der Waals surface area (Å²) in [6.45, 7) is 12.6. The number of hydrogen-bond donors (Lipinski definition) is 3. The minimum absolute atomic E-state index is 0.147. The molecule has 5 aliphatic rings. The Morgan fingerprint density at radius 2 is 1.52 bits per heavy atom. The van der Waals surface area contributed by atoms with Gasteiger partial charge in [-0.2, -0.15) is 0 Å². The van der Waals surface area contributed by atoms with Gasteiger partial charge in [0.2, 0.25) is 0 Å². The largest absolute Gasteiger partial charge is 0.393 e. The van der Waals surface area contributed by atoms with Gasteiger partial charge in [-0.25, -0.2) is 0 Å². The first-order valence-corrected chi connectivity index (χ1v) is 12.6. The summed E-state index contributed by atoms with van der Waals surface area (Å²) in [6.07, 6.45) is 10.7. The van der Waals surface area contributed by atoms with E-state index >= 15 is 0 Å². The second kappa shape index (κ2) is 6.01. The van der Waals surface area contributed by atoms with E-state index in [9.17, 15) is 5.11 Å². The van der Waals surface area contributed by atoms with E-state index in [1.54, 1.807) is 0 Å². The van der Waals surface area contributed by atoms with Crippen LogP contribution in [0.4, 0.5) is 0 Å². The van der Waals surface area contributed by atoms with Crippen molar-refractivity contribution in [3.8, 4) is 0 Å². The van der Waals surface area contributed by atoms with Gasteiger partial charge in [0.05, 0.1) is 6.10 Å².